The average molecular weight is 526 g/mol. The van der Waals surface area contributed by atoms with Gasteiger partial charge in [-0.25, -0.2) is 0 Å². The lowest BCUT2D eigenvalue weighted by molar-refractivity contribution is -0.135. The standard InChI is InChI=1S/C23H34N4O2.HI/c1-24-23(25-12-9-17-7-8-21-19(15-17)11-14-29-21)26-20-10-13-27(16-20)22(28)18-5-3-2-4-6-18;/h7-8,15,18,20H,2-6,9-14,16H2,1H3,(H2,24,25,26);1H. The van der Waals surface area contributed by atoms with E-state index < -0.39 is 0 Å². The number of carbonyl (C=O) groups excluding carboxylic acids is 1. The van der Waals surface area contributed by atoms with Crippen LogP contribution in [0.3, 0.4) is 0 Å². The van der Waals surface area contributed by atoms with Gasteiger partial charge < -0.3 is 20.3 Å². The molecule has 1 unspecified atom stereocenters. The first-order chi connectivity index (χ1) is 14.2. The first-order valence-electron chi connectivity index (χ1n) is 11.2. The number of aliphatic imine (C=N–C) groups is 1. The van der Waals surface area contributed by atoms with E-state index in [1.165, 1.54) is 30.4 Å². The average Bonchev–Trinajstić information content (AvgIpc) is 3.42. The van der Waals surface area contributed by atoms with Gasteiger partial charge >= 0.3 is 0 Å². The molecule has 2 aliphatic heterocycles. The normalized spacial score (nSPS) is 21.6. The zero-order valence-electron chi connectivity index (χ0n) is 18.0. The lowest BCUT2D eigenvalue weighted by Gasteiger charge is -2.26. The molecular formula is C23H35IN4O2. The molecule has 2 heterocycles. The van der Waals surface area contributed by atoms with E-state index in [0.29, 0.717) is 5.91 Å². The number of likely N-dealkylation sites (tertiary alicyclic amines) is 1. The minimum absolute atomic E-state index is 0. The number of ether oxygens (including phenoxy) is 1. The highest BCUT2D eigenvalue weighted by Crippen LogP contribution is 2.27. The van der Waals surface area contributed by atoms with Crippen LogP contribution in [0.15, 0.2) is 23.2 Å². The minimum Gasteiger partial charge on any atom is -0.493 e. The van der Waals surface area contributed by atoms with Crippen LogP contribution in [0.4, 0.5) is 0 Å². The second kappa shape index (κ2) is 11.2. The Morgan fingerprint density at radius 1 is 1.23 bits per heavy atom. The highest BCUT2D eigenvalue weighted by atomic mass is 127. The van der Waals surface area contributed by atoms with Crippen molar-refractivity contribution in [3.8, 4) is 5.75 Å². The Morgan fingerprint density at radius 2 is 2.07 bits per heavy atom. The van der Waals surface area contributed by atoms with Crippen molar-refractivity contribution in [3.05, 3.63) is 29.3 Å². The summed E-state index contributed by atoms with van der Waals surface area (Å²) in [6.07, 6.45) is 8.80. The van der Waals surface area contributed by atoms with Crippen molar-refractivity contribution < 1.29 is 9.53 Å². The van der Waals surface area contributed by atoms with E-state index in [2.05, 4.69) is 38.7 Å². The van der Waals surface area contributed by atoms with Crippen molar-refractivity contribution >= 4 is 35.8 Å². The van der Waals surface area contributed by atoms with E-state index in [1.807, 2.05) is 7.05 Å². The van der Waals surface area contributed by atoms with Crippen molar-refractivity contribution in [2.45, 2.75) is 57.4 Å². The van der Waals surface area contributed by atoms with Gasteiger partial charge in [0.1, 0.15) is 5.75 Å². The van der Waals surface area contributed by atoms with Crippen LogP contribution in [-0.4, -0.2) is 56.1 Å². The highest BCUT2D eigenvalue weighted by Gasteiger charge is 2.31. The summed E-state index contributed by atoms with van der Waals surface area (Å²) in [5.74, 6) is 2.49. The second-order valence-electron chi connectivity index (χ2n) is 8.54. The molecule has 1 atom stereocenters. The summed E-state index contributed by atoms with van der Waals surface area (Å²) in [5, 5.41) is 6.93. The monoisotopic (exact) mass is 526 g/mol. The maximum atomic E-state index is 12.8. The Balaban J connectivity index is 0.00000256. The molecule has 0 aromatic heterocycles. The third-order valence-electron chi connectivity index (χ3n) is 6.48. The molecule has 6 nitrogen and oxygen atoms in total. The predicted octanol–water partition coefficient (Wildman–Crippen LogP) is 3.13. The number of hydrogen-bond donors (Lipinski definition) is 2. The Bertz CT molecular complexity index is 749. The molecule has 2 fully saturated rings. The molecule has 1 aromatic rings. The topological polar surface area (TPSA) is 66.0 Å². The summed E-state index contributed by atoms with van der Waals surface area (Å²) >= 11 is 0. The van der Waals surface area contributed by atoms with Crippen LogP contribution in [0.5, 0.6) is 5.75 Å². The summed E-state index contributed by atoms with van der Waals surface area (Å²) < 4.78 is 5.58. The fourth-order valence-corrected chi connectivity index (χ4v) is 4.79. The Morgan fingerprint density at radius 3 is 2.87 bits per heavy atom. The van der Waals surface area contributed by atoms with Gasteiger partial charge in [0.05, 0.1) is 6.61 Å². The number of halogens is 1. The maximum absolute atomic E-state index is 12.8. The molecule has 1 amide bonds. The number of rotatable bonds is 5. The van der Waals surface area contributed by atoms with Crippen molar-refractivity contribution in [1.29, 1.82) is 0 Å². The van der Waals surface area contributed by atoms with Gasteiger partial charge in [-0.1, -0.05) is 31.4 Å². The van der Waals surface area contributed by atoms with Crippen LogP contribution in [0, 0.1) is 5.92 Å². The number of nitrogens with zero attached hydrogens (tertiary/aromatic N) is 2. The third kappa shape index (κ3) is 5.80. The summed E-state index contributed by atoms with van der Waals surface area (Å²) in [5.41, 5.74) is 2.64. The van der Waals surface area contributed by atoms with Crippen LogP contribution >= 0.6 is 24.0 Å². The Labute approximate surface area is 197 Å². The van der Waals surface area contributed by atoms with Crippen molar-refractivity contribution in [3.63, 3.8) is 0 Å². The van der Waals surface area contributed by atoms with Gasteiger partial charge in [-0.2, -0.15) is 0 Å². The number of hydrogen-bond acceptors (Lipinski definition) is 3. The molecule has 4 rings (SSSR count). The molecule has 0 radical (unpaired) electrons. The van der Waals surface area contributed by atoms with E-state index in [-0.39, 0.29) is 35.9 Å². The van der Waals surface area contributed by atoms with Crippen molar-refractivity contribution in [1.82, 2.24) is 15.5 Å². The Kier molecular flexibility index (Phi) is 8.65. The fourth-order valence-electron chi connectivity index (χ4n) is 4.79. The largest absolute Gasteiger partial charge is 0.493 e. The van der Waals surface area contributed by atoms with E-state index in [4.69, 9.17) is 4.74 Å². The Hall–Kier alpha value is -1.51. The molecule has 1 saturated carbocycles. The second-order valence-corrected chi connectivity index (χ2v) is 8.54. The van der Waals surface area contributed by atoms with Crippen LogP contribution < -0.4 is 15.4 Å². The van der Waals surface area contributed by atoms with Crippen LogP contribution in [-0.2, 0) is 17.6 Å². The number of nitrogens with one attached hydrogen (secondary N) is 2. The van der Waals surface area contributed by atoms with Crippen LogP contribution in [0.25, 0.3) is 0 Å². The van der Waals surface area contributed by atoms with Gasteiger partial charge in [0.25, 0.3) is 0 Å². The number of fused-ring (bicyclic) bond motifs is 1. The molecule has 0 bridgehead atoms. The van der Waals surface area contributed by atoms with Crippen molar-refractivity contribution in [2.75, 3.05) is 33.3 Å². The van der Waals surface area contributed by atoms with Gasteiger partial charge in [0.15, 0.2) is 5.96 Å². The quantitative estimate of drug-likeness (QED) is 0.352. The summed E-state index contributed by atoms with van der Waals surface area (Å²) in [4.78, 5) is 19.2. The molecule has 2 N–H and O–H groups in total. The lowest BCUT2D eigenvalue weighted by Crippen LogP contribution is -2.46. The summed E-state index contributed by atoms with van der Waals surface area (Å²) in [6.45, 7) is 3.29. The molecule has 0 spiro atoms. The van der Waals surface area contributed by atoms with Gasteiger partial charge in [0, 0.05) is 45.1 Å². The minimum atomic E-state index is 0. The summed E-state index contributed by atoms with van der Waals surface area (Å²) in [7, 11) is 1.81. The SMILES string of the molecule is CN=C(NCCc1ccc2c(c1)CCO2)NC1CCN(C(=O)C2CCCCC2)C1.I. The first-order valence-corrected chi connectivity index (χ1v) is 11.2. The fraction of sp³-hybridized carbons (Fsp3) is 0.652. The number of benzene rings is 1. The van der Waals surface area contributed by atoms with Gasteiger partial charge in [0.2, 0.25) is 5.91 Å². The van der Waals surface area contributed by atoms with E-state index >= 15 is 0 Å². The number of amides is 1. The molecule has 1 aromatic carbocycles. The highest BCUT2D eigenvalue weighted by molar-refractivity contribution is 14.0. The van der Waals surface area contributed by atoms with Gasteiger partial charge in [-0.15, -0.1) is 24.0 Å². The maximum Gasteiger partial charge on any atom is 0.225 e. The van der Waals surface area contributed by atoms with Crippen LogP contribution in [0.2, 0.25) is 0 Å². The molecule has 30 heavy (non-hydrogen) atoms. The van der Waals surface area contributed by atoms with Crippen molar-refractivity contribution in [2.24, 2.45) is 10.9 Å². The predicted molar refractivity (Wildman–Crippen MR) is 131 cm³/mol. The molecule has 7 heteroatoms. The smallest absolute Gasteiger partial charge is 0.225 e. The first kappa shape index (κ1) is 23.2. The molecule has 166 valence electrons. The van der Waals surface area contributed by atoms with E-state index in [0.717, 1.165) is 70.1 Å². The molecule has 1 saturated heterocycles. The van der Waals surface area contributed by atoms with E-state index in [9.17, 15) is 4.79 Å². The third-order valence-corrected chi connectivity index (χ3v) is 6.48. The van der Waals surface area contributed by atoms with Gasteiger partial charge in [-0.05, 0) is 42.9 Å². The number of carbonyl (C=O) groups is 1. The molecular weight excluding hydrogens is 491 g/mol. The van der Waals surface area contributed by atoms with E-state index in [1.54, 1.807) is 0 Å². The number of guanidine groups is 1. The zero-order chi connectivity index (χ0) is 20.1. The van der Waals surface area contributed by atoms with Crippen LogP contribution in [0.1, 0.15) is 49.7 Å². The summed E-state index contributed by atoms with van der Waals surface area (Å²) in [6, 6.07) is 6.77. The van der Waals surface area contributed by atoms with Gasteiger partial charge in [-0.3, -0.25) is 9.79 Å². The molecule has 3 aliphatic rings. The lowest BCUT2D eigenvalue weighted by atomic mass is 9.88. The zero-order valence-corrected chi connectivity index (χ0v) is 20.3. The molecule has 1 aliphatic carbocycles.